The average Bonchev–Trinajstić information content (AvgIpc) is 2.62. The minimum Gasteiger partial charge on any atom is -0.347 e. The fraction of sp³-hybridized carbons (Fsp3) is 0.429. The van der Waals surface area contributed by atoms with Crippen molar-refractivity contribution in [3.05, 3.63) is 35.0 Å². The number of nitrogens with zero attached hydrogens (tertiary/aromatic N) is 1. The minimum absolute atomic E-state index is 0.0488. The number of halogens is 4. The van der Waals surface area contributed by atoms with Crippen LogP contribution in [0.25, 0.3) is 10.9 Å². The number of fused-ring (bicyclic) bond motifs is 1. The number of aryl methyl sites for hydroxylation is 1. The molecule has 0 bridgehead atoms. The summed E-state index contributed by atoms with van der Waals surface area (Å²) in [6, 6.07) is 5.22. The minimum atomic E-state index is -4.17. The van der Waals surface area contributed by atoms with Gasteiger partial charge in [-0.1, -0.05) is 17.7 Å². The monoisotopic (exact) mass is 304 g/mol. The fourth-order valence-corrected chi connectivity index (χ4v) is 2.45. The number of alkyl halides is 3. The predicted molar refractivity (Wildman–Crippen MR) is 75.0 cm³/mol. The van der Waals surface area contributed by atoms with Crippen LogP contribution in [0.15, 0.2) is 24.4 Å². The molecule has 0 aliphatic rings. The summed E-state index contributed by atoms with van der Waals surface area (Å²) in [6.45, 7) is 1.76. The van der Waals surface area contributed by atoms with Crippen LogP contribution in [0.4, 0.5) is 13.2 Å². The van der Waals surface area contributed by atoms with E-state index in [0.717, 1.165) is 16.5 Å². The van der Waals surface area contributed by atoms with E-state index in [1.54, 1.807) is 22.9 Å². The van der Waals surface area contributed by atoms with Crippen molar-refractivity contribution in [3.8, 4) is 0 Å². The molecule has 6 heteroatoms. The third-order valence-electron chi connectivity index (χ3n) is 3.10. The van der Waals surface area contributed by atoms with Crippen LogP contribution in [0, 0.1) is 0 Å². The van der Waals surface area contributed by atoms with Gasteiger partial charge >= 0.3 is 6.18 Å². The van der Waals surface area contributed by atoms with E-state index in [9.17, 15) is 13.2 Å². The Kier molecular flexibility index (Phi) is 4.30. The first-order valence-corrected chi connectivity index (χ1v) is 6.73. The molecule has 1 unspecified atom stereocenters. The molecule has 0 fully saturated rings. The summed E-state index contributed by atoms with van der Waals surface area (Å²) in [7, 11) is 0. The van der Waals surface area contributed by atoms with E-state index in [0.29, 0.717) is 11.4 Å². The van der Waals surface area contributed by atoms with Crippen molar-refractivity contribution in [2.24, 2.45) is 5.73 Å². The molecule has 2 nitrogen and oxygen atoms in total. The summed E-state index contributed by atoms with van der Waals surface area (Å²) < 4.78 is 38.7. The lowest BCUT2D eigenvalue weighted by molar-refractivity contribution is -0.136. The van der Waals surface area contributed by atoms with Crippen molar-refractivity contribution >= 4 is 22.5 Å². The molecule has 0 aliphatic heterocycles. The van der Waals surface area contributed by atoms with Gasteiger partial charge in [-0.2, -0.15) is 13.2 Å². The molecule has 1 heterocycles. The molecule has 2 aromatic rings. The molecule has 2 rings (SSSR count). The van der Waals surface area contributed by atoms with Crippen molar-refractivity contribution in [1.82, 2.24) is 4.57 Å². The second-order valence-corrected chi connectivity index (χ2v) is 5.49. The molecule has 1 aromatic heterocycles. The number of aromatic nitrogens is 1. The first-order valence-electron chi connectivity index (χ1n) is 6.36. The van der Waals surface area contributed by atoms with Crippen LogP contribution in [0.1, 0.15) is 18.9 Å². The topological polar surface area (TPSA) is 30.9 Å². The Balaban J connectivity index is 2.40. The van der Waals surface area contributed by atoms with Gasteiger partial charge in [-0.25, -0.2) is 0 Å². The van der Waals surface area contributed by atoms with E-state index in [2.05, 4.69) is 0 Å². The first kappa shape index (κ1) is 15.2. The summed E-state index contributed by atoms with van der Waals surface area (Å²) in [5, 5.41) is 1.42. The van der Waals surface area contributed by atoms with Gasteiger partial charge in [0.2, 0.25) is 0 Å². The first-order chi connectivity index (χ1) is 9.26. The Morgan fingerprint density at radius 1 is 1.35 bits per heavy atom. The molecular weight excluding hydrogens is 289 g/mol. The van der Waals surface area contributed by atoms with Crippen LogP contribution in [0.2, 0.25) is 5.02 Å². The van der Waals surface area contributed by atoms with E-state index in [1.165, 1.54) is 0 Å². The molecule has 2 N–H and O–H groups in total. The summed E-state index contributed by atoms with van der Waals surface area (Å²) >= 11 is 5.94. The largest absolute Gasteiger partial charge is 0.390 e. The number of nitrogens with two attached hydrogens (primary N) is 1. The summed E-state index contributed by atoms with van der Waals surface area (Å²) in [5.74, 6) is 0. The number of hydrogen-bond donors (Lipinski definition) is 1. The van der Waals surface area contributed by atoms with Crippen LogP contribution in [-0.4, -0.2) is 16.8 Å². The van der Waals surface area contributed by atoms with Gasteiger partial charge in [-0.15, -0.1) is 0 Å². The zero-order valence-corrected chi connectivity index (χ0v) is 11.8. The Hall–Kier alpha value is -1.20. The van der Waals surface area contributed by atoms with Gasteiger partial charge < -0.3 is 10.3 Å². The molecular formula is C14H16ClF3N2. The highest BCUT2D eigenvalue weighted by Gasteiger charge is 2.27. The molecule has 1 atom stereocenters. The lowest BCUT2D eigenvalue weighted by Gasteiger charge is -2.08. The average molecular weight is 305 g/mol. The standard InChI is InChI=1S/C14H16ClF3N2/c1-9(19)6-10-8-20(5-4-14(16,17)18)13-7-11(15)2-3-12(10)13/h2-3,7-9H,4-6,19H2,1H3. The summed E-state index contributed by atoms with van der Waals surface area (Å²) in [5.41, 5.74) is 7.45. The molecule has 0 amide bonds. The van der Waals surface area contributed by atoms with Crippen molar-refractivity contribution in [1.29, 1.82) is 0 Å². The maximum absolute atomic E-state index is 12.4. The van der Waals surface area contributed by atoms with Crippen LogP contribution in [0.3, 0.4) is 0 Å². The summed E-state index contributed by atoms with van der Waals surface area (Å²) in [4.78, 5) is 0. The summed E-state index contributed by atoms with van der Waals surface area (Å²) in [6.07, 6.45) is -2.66. The van der Waals surface area contributed by atoms with Crippen LogP contribution in [0.5, 0.6) is 0 Å². The quantitative estimate of drug-likeness (QED) is 0.904. The third kappa shape index (κ3) is 3.67. The molecule has 0 saturated carbocycles. The molecule has 1 aromatic carbocycles. The lowest BCUT2D eigenvalue weighted by atomic mass is 10.1. The highest BCUT2D eigenvalue weighted by Crippen LogP contribution is 2.28. The Morgan fingerprint density at radius 3 is 2.65 bits per heavy atom. The zero-order chi connectivity index (χ0) is 14.9. The second-order valence-electron chi connectivity index (χ2n) is 5.06. The number of benzene rings is 1. The van der Waals surface area contributed by atoms with Gasteiger partial charge in [0, 0.05) is 34.7 Å². The number of hydrogen-bond acceptors (Lipinski definition) is 1. The van der Waals surface area contributed by atoms with E-state index in [-0.39, 0.29) is 12.6 Å². The SMILES string of the molecule is CC(N)Cc1cn(CCC(F)(F)F)c2cc(Cl)ccc12. The van der Waals surface area contributed by atoms with Gasteiger partial charge in [-0.3, -0.25) is 0 Å². The Labute approximate surface area is 120 Å². The smallest absolute Gasteiger partial charge is 0.347 e. The normalized spacial score (nSPS) is 13.9. The Bertz CT molecular complexity index is 602. The van der Waals surface area contributed by atoms with Crippen molar-refractivity contribution in [2.45, 2.75) is 38.5 Å². The van der Waals surface area contributed by atoms with E-state index >= 15 is 0 Å². The Morgan fingerprint density at radius 2 is 2.05 bits per heavy atom. The fourth-order valence-electron chi connectivity index (χ4n) is 2.28. The molecule has 0 aliphatic carbocycles. The van der Waals surface area contributed by atoms with Gasteiger partial charge in [-0.05, 0) is 31.0 Å². The van der Waals surface area contributed by atoms with Crippen molar-refractivity contribution in [2.75, 3.05) is 0 Å². The van der Waals surface area contributed by atoms with Crippen LogP contribution in [-0.2, 0) is 13.0 Å². The molecule has 0 saturated heterocycles. The maximum Gasteiger partial charge on any atom is 0.390 e. The van der Waals surface area contributed by atoms with Gasteiger partial charge in [0.15, 0.2) is 0 Å². The van der Waals surface area contributed by atoms with Crippen LogP contribution >= 0.6 is 11.6 Å². The zero-order valence-electron chi connectivity index (χ0n) is 11.0. The van der Waals surface area contributed by atoms with E-state index < -0.39 is 12.6 Å². The van der Waals surface area contributed by atoms with Gasteiger partial charge in [0.1, 0.15) is 0 Å². The van der Waals surface area contributed by atoms with E-state index in [1.807, 2.05) is 13.0 Å². The van der Waals surface area contributed by atoms with Gasteiger partial charge in [0.25, 0.3) is 0 Å². The molecule has 110 valence electrons. The number of rotatable bonds is 4. The second kappa shape index (κ2) is 5.66. The molecule has 20 heavy (non-hydrogen) atoms. The van der Waals surface area contributed by atoms with Gasteiger partial charge in [0.05, 0.1) is 6.42 Å². The maximum atomic E-state index is 12.4. The predicted octanol–water partition coefficient (Wildman–Crippen LogP) is 4.14. The highest BCUT2D eigenvalue weighted by molar-refractivity contribution is 6.31. The van der Waals surface area contributed by atoms with Crippen LogP contribution < -0.4 is 5.73 Å². The van der Waals surface area contributed by atoms with Crippen molar-refractivity contribution in [3.63, 3.8) is 0 Å². The van der Waals surface area contributed by atoms with E-state index in [4.69, 9.17) is 17.3 Å². The van der Waals surface area contributed by atoms with Crippen molar-refractivity contribution < 1.29 is 13.2 Å². The lowest BCUT2D eigenvalue weighted by Crippen LogP contribution is -2.17. The molecule has 0 spiro atoms. The third-order valence-corrected chi connectivity index (χ3v) is 3.34. The highest BCUT2D eigenvalue weighted by atomic mass is 35.5. The molecule has 0 radical (unpaired) electrons.